The van der Waals surface area contributed by atoms with E-state index in [-0.39, 0.29) is 23.3 Å². The summed E-state index contributed by atoms with van der Waals surface area (Å²) < 4.78 is 6.49. The first-order valence-corrected chi connectivity index (χ1v) is 9.84. The summed E-state index contributed by atoms with van der Waals surface area (Å²) in [6.07, 6.45) is 1.70. The van der Waals surface area contributed by atoms with Gasteiger partial charge in [-0.2, -0.15) is 0 Å². The predicted octanol–water partition coefficient (Wildman–Crippen LogP) is 2.33. The number of nitrogens with one attached hydrogen (secondary N) is 1. The van der Waals surface area contributed by atoms with Gasteiger partial charge < -0.3 is 10.1 Å². The molecule has 1 N–H and O–H groups in total. The molecule has 1 atom stereocenters. The maximum atomic E-state index is 13.1. The fraction of sp³-hybridized carbons (Fsp3) is 0.300. The maximum Gasteiger partial charge on any atom is 0.267 e. The molecule has 0 bridgehead atoms. The van der Waals surface area contributed by atoms with Crippen molar-refractivity contribution in [1.82, 2.24) is 19.9 Å². The molecule has 8 heteroatoms. The Morgan fingerprint density at radius 3 is 2.79 bits per heavy atom. The number of amides is 1. The fourth-order valence-electron chi connectivity index (χ4n) is 2.74. The number of aryl methyl sites for hydroxylation is 1. The minimum atomic E-state index is -0.211. The van der Waals surface area contributed by atoms with E-state index in [0.29, 0.717) is 28.5 Å². The average Bonchev–Trinajstić information content (AvgIpc) is 2.68. The molecule has 0 spiro atoms. The molecule has 0 saturated heterocycles. The lowest BCUT2D eigenvalue weighted by Crippen LogP contribution is -2.36. The van der Waals surface area contributed by atoms with E-state index in [1.807, 2.05) is 26.0 Å². The number of carbonyl (C=O) groups excluding carboxylic acids is 1. The molecule has 2 heterocycles. The molecular formula is C20H22N4O3S. The van der Waals surface area contributed by atoms with E-state index in [0.717, 1.165) is 5.56 Å². The maximum absolute atomic E-state index is 13.1. The number of carbonyl (C=O) groups is 1. The summed E-state index contributed by atoms with van der Waals surface area (Å²) in [7, 11) is 1.59. The average molecular weight is 398 g/mol. The van der Waals surface area contributed by atoms with Crippen molar-refractivity contribution in [3.63, 3.8) is 0 Å². The van der Waals surface area contributed by atoms with Gasteiger partial charge in [-0.25, -0.2) is 14.5 Å². The lowest BCUT2D eigenvalue weighted by Gasteiger charge is -2.14. The number of ether oxygens (including phenoxy) is 1. The molecule has 0 unspecified atom stereocenters. The van der Waals surface area contributed by atoms with E-state index in [1.165, 1.54) is 16.3 Å². The summed E-state index contributed by atoms with van der Waals surface area (Å²) in [5.41, 5.74) is 1.37. The number of rotatable bonds is 7. The van der Waals surface area contributed by atoms with Crippen LogP contribution in [0.4, 0.5) is 0 Å². The lowest BCUT2D eigenvalue weighted by atomic mass is 10.2. The highest BCUT2D eigenvalue weighted by Gasteiger charge is 2.16. The second-order valence-electron chi connectivity index (χ2n) is 6.46. The number of nitrogens with zero attached hydrogens (tertiary/aromatic N) is 3. The molecule has 146 valence electrons. The van der Waals surface area contributed by atoms with Crippen LogP contribution in [0, 0.1) is 6.92 Å². The first kappa shape index (κ1) is 20.0. The monoisotopic (exact) mass is 398 g/mol. The minimum absolute atomic E-state index is 0.0939. The van der Waals surface area contributed by atoms with Crippen LogP contribution in [0.5, 0.6) is 0 Å². The molecule has 0 aliphatic carbocycles. The van der Waals surface area contributed by atoms with Crippen LogP contribution in [0.2, 0.25) is 0 Å². The Morgan fingerprint density at radius 2 is 2.07 bits per heavy atom. The summed E-state index contributed by atoms with van der Waals surface area (Å²) in [4.78, 5) is 34.3. The predicted molar refractivity (Wildman–Crippen MR) is 110 cm³/mol. The zero-order valence-corrected chi connectivity index (χ0v) is 16.8. The number of benzene rings is 1. The van der Waals surface area contributed by atoms with Gasteiger partial charge in [-0.3, -0.25) is 9.59 Å². The molecule has 28 heavy (non-hydrogen) atoms. The van der Waals surface area contributed by atoms with Gasteiger partial charge in [-0.05, 0) is 37.6 Å². The summed E-state index contributed by atoms with van der Waals surface area (Å²) in [6, 6.07) is 10.7. The molecule has 0 aliphatic rings. The Bertz CT molecular complexity index is 1030. The number of methoxy groups -OCH3 is 1. The summed E-state index contributed by atoms with van der Waals surface area (Å²) >= 11 is 1.20. The van der Waals surface area contributed by atoms with Crippen molar-refractivity contribution >= 4 is 28.6 Å². The minimum Gasteiger partial charge on any atom is -0.383 e. The van der Waals surface area contributed by atoms with Gasteiger partial charge in [-0.15, -0.1) is 0 Å². The molecule has 0 saturated carbocycles. The number of hydrogen-bond acceptors (Lipinski definition) is 6. The van der Waals surface area contributed by atoms with Crippen LogP contribution < -0.4 is 10.9 Å². The van der Waals surface area contributed by atoms with Crippen molar-refractivity contribution in [1.29, 1.82) is 0 Å². The van der Waals surface area contributed by atoms with Crippen molar-refractivity contribution in [2.24, 2.45) is 0 Å². The third-order valence-electron chi connectivity index (χ3n) is 4.03. The van der Waals surface area contributed by atoms with Crippen molar-refractivity contribution in [3.8, 4) is 5.82 Å². The van der Waals surface area contributed by atoms with E-state index in [1.54, 1.807) is 37.6 Å². The third kappa shape index (κ3) is 4.58. The Balaban J connectivity index is 1.96. The Kier molecular flexibility index (Phi) is 6.43. The van der Waals surface area contributed by atoms with Gasteiger partial charge in [0.25, 0.3) is 5.56 Å². The van der Waals surface area contributed by atoms with E-state index in [9.17, 15) is 9.59 Å². The van der Waals surface area contributed by atoms with Crippen LogP contribution in [-0.2, 0) is 9.53 Å². The standard InChI is InChI=1S/C20H22N4O3S/c1-13-8-9-17(21-10-13)24-19(26)15-6-4-5-7-16(15)23-20(24)28-12-18(25)22-14(2)11-27-3/h4-10,14H,11-12H2,1-3H3,(H,22,25)/t14-/m1/s1. The van der Waals surface area contributed by atoms with E-state index >= 15 is 0 Å². The molecule has 0 radical (unpaired) electrons. The van der Waals surface area contributed by atoms with Crippen molar-refractivity contribution < 1.29 is 9.53 Å². The Morgan fingerprint density at radius 1 is 1.29 bits per heavy atom. The van der Waals surface area contributed by atoms with Crippen molar-refractivity contribution in [2.45, 2.75) is 25.0 Å². The molecule has 3 rings (SSSR count). The molecular weight excluding hydrogens is 376 g/mol. The second-order valence-corrected chi connectivity index (χ2v) is 7.40. The highest BCUT2D eigenvalue weighted by Crippen LogP contribution is 2.20. The number of fused-ring (bicyclic) bond motifs is 1. The number of hydrogen-bond donors (Lipinski definition) is 1. The van der Waals surface area contributed by atoms with Crippen LogP contribution in [0.25, 0.3) is 16.7 Å². The SMILES string of the molecule is COC[C@@H](C)NC(=O)CSc1nc2ccccc2c(=O)n1-c1ccc(C)cn1. The van der Waals surface area contributed by atoms with Crippen LogP contribution in [-0.4, -0.2) is 46.0 Å². The summed E-state index contributed by atoms with van der Waals surface area (Å²) in [5.74, 6) is 0.454. The normalized spacial score (nSPS) is 12.1. The summed E-state index contributed by atoms with van der Waals surface area (Å²) in [6.45, 7) is 4.23. The highest BCUT2D eigenvalue weighted by molar-refractivity contribution is 7.99. The van der Waals surface area contributed by atoms with Gasteiger partial charge >= 0.3 is 0 Å². The number of aromatic nitrogens is 3. The van der Waals surface area contributed by atoms with Crippen LogP contribution in [0.1, 0.15) is 12.5 Å². The molecule has 1 amide bonds. The zero-order valence-electron chi connectivity index (χ0n) is 16.0. The van der Waals surface area contributed by atoms with E-state index in [4.69, 9.17) is 4.74 Å². The van der Waals surface area contributed by atoms with Crippen LogP contribution in [0.3, 0.4) is 0 Å². The van der Waals surface area contributed by atoms with Crippen LogP contribution in [0.15, 0.2) is 52.5 Å². The van der Waals surface area contributed by atoms with Crippen molar-refractivity contribution in [2.75, 3.05) is 19.5 Å². The number of pyridine rings is 1. The largest absolute Gasteiger partial charge is 0.383 e. The van der Waals surface area contributed by atoms with E-state index < -0.39 is 0 Å². The van der Waals surface area contributed by atoms with Gasteiger partial charge in [0.2, 0.25) is 5.91 Å². The molecule has 7 nitrogen and oxygen atoms in total. The van der Waals surface area contributed by atoms with Crippen molar-refractivity contribution in [3.05, 3.63) is 58.5 Å². The lowest BCUT2D eigenvalue weighted by molar-refractivity contribution is -0.119. The molecule has 0 aliphatic heterocycles. The third-order valence-corrected chi connectivity index (χ3v) is 4.96. The van der Waals surface area contributed by atoms with Gasteiger partial charge in [0, 0.05) is 19.3 Å². The molecule has 3 aromatic rings. The smallest absolute Gasteiger partial charge is 0.267 e. The van der Waals surface area contributed by atoms with Gasteiger partial charge in [0.05, 0.1) is 23.3 Å². The van der Waals surface area contributed by atoms with Gasteiger partial charge in [0.15, 0.2) is 5.16 Å². The van der Waals surface area contributed by atoms with Crippen LogP contribution >= 0.6 is 11.8 Å². The number of thioether (sulfide) groups is 1. The second kappa shape index (κ2) is 8.99. The molecule has 2 aromatic heterocycles. The molecule has 1 aromatic carbocycles. The summed E-state index contributed by atoms with van der Waals surface area (Å²) in [5, 5.41) is 3.79. The first-order valence-electron chi connectivity index (χ1n) is 8.85. The Labute approximate surface area is 167 Å². The zero-order chi connectivity index (χ0) is 20.1. The molecule has 0 fully saturated rings. The van der Waals surface area contributed by atoms with Gasteiger partial charge in [-0.1, -0.05) is 30.0 Å². The Hall–Kier alpha value is -2.71. The topological polar surface area (TPSA) is 86.1 Å². The van der Waals surface area contributed by atoms with E-state index in [2.05, 4.69) is 15.3 Å². The highest BCUT2D eigenvalue weighted by atomic mass is 32.2. The first-order chi connectivity index (χ1) is 13.5. The quantitative estimate of drug-likeness (QED) is 0.486. The van der Waals surface area contributed by atoms with Gasteiger partial charge in [0.1, 0.15) is 5.82 Å². The number of para-hydroxylation sites is 1. The fourth-order valence-corrected chi connectivity index (χ4v) is 3.55.